The number of allylic oxidation sites excluding steroid dienone is 7. The highest BCUT2D eigenvalue weighted by Gasteiger charge is 2.50. The quantitative estimate of drug-likeness (QED) is 0.245. The summed E-state index contributed by atoms with van der Waals surface area (Å²) in [6.07, 6.45) is 15.2. The van der Waals surface area contributed by atoms with Gasteiger partial charge in [-0.15, -0.1) is 0 Å². The van der Waals surface area contributed by atoms with Gasteiger partial charge < -0.3 is 4.74 Å². The number of fused-ring (bicyclic) bond motifs is 2. The van der Waals surface area contributed by atoms with Crippen LogP contribution >= 0.6 is 0 Å². The maximum atomic E-state index is 12.6. The molecule has 190 valence electrons. The van der Waals surface area contributed by atoms with Crippen LogP contribution in [0.4, 0.5) is 0 Å². The Balaban J connectivity index is 1.41. The van der Waals surface area contributed by atoms with E-state index in [4.69, 9.17) is 4.74 Å². The highest BCUT2D eigenvalue weighted by molar-refractivity contribution is 6.01. The van der Waals surface area contributed by atoms with Gasteiger partial charge in [0.05, 0.1) is 11.5 Å². The van der Waals surface area contributed by atoms with Crippen molar-refractivity contribution in [2.24, 2.45) is 35.0 Å². The smallest absolute Gasteiger partial charge is 0.338 e. The summed E-state index contributed by atoms with van der Waals surface area (Å²) in [5.41, 5.74) is 3.52. The van der Waals surface area contributed by atoms with E-state index in [1.165, 1.54) is 0 Å². The molecule has 6 atom stereocenters. The molecular weight excluding hydrogens is 448 g/mol. The first-order valence-electron chi connectivity index (χ1n) is 13.2. The molecule has 0 amide bonds. The minimum absolute atomic E-state index is 0.0975. The van der Waals surface area contributed by atoms with Crippen LogP contribution in [0, 0.1) is 35.0 Å². The molecule has 3 aliphatic rings. The molecule has 0 aromatic heterocycles. The summed E-state index contributed by atoms with van der Waals surface area (Å²) < 4.78 is 5.42. The molecule has 36 heavy (non-hydrogen) atoms. The van der Waals surface area contributed by atoms with Crippen molar-refractivity contribution >= 4 is 18.0 Å². The molecule has 1 fully saturated rings. The number of aldehydes is 1. The van der Waals surface area contributed by atoms with Gasteiger partial charge in [-0.25, -0.2) is 4.79 Å². The third-order valence-corrected chi connectivity index (χ3v) is 8.82. The number of rotatable bonds is 7. The predicted molar refractivity (Wildman–Crippen MR) is 142 cm³/mol. The Bertz CT molecular complexity index is 1120. The highest BCUT2D eigenvalue weighted by Crippen LogP contribution is 2.58. The molecular formula is C32H38O4. The number of hydrogen-bond donors (Lipinski definition) is 0. The van der Waals surface area contributed by atoms with Crippen LogP contribution in [-0.4, -0.2) is 24.6 Å². The van der Waals surface area contributed by atoms with Gasteiger partial charge in [-0.3, -0.25) is 9.59 Å². The third kappa shape index (κ3) is 5.38. The van der Waals surface area contributed by atoms with Crippen LogP contribution in [0.25, 0.3) is 0 Å². The topological polar surface area (TPSA) is 60.4 Å². The largest absolute Gasteiger partial charge is 0.458 e. The number of carbonyl (C=O) groups excluding carboxylic acids is 3. The summed E-state index contributed by atoms with van der Waals surface area (Å²) in [4.78, 5) is 36.7. The van der Waals surface area contributed by atoms with Crippen molar-refractivity contribution in [2.45, 2.75) is 53.4 Å². The minimum Gasteiger partial charge on any atom is -0.458 e. The van der Waals surface area contributed by atoms with Crippen LogP contribution in [-0.2, 0) is 14.3 Å². The summed E-state index contributed by atoms with van der Waals surface area (Å²) in [6.45, 7) is 8.96. The van der Waals surface area contributed by atoms with E-state index in [0.29, 0.717) is 28.9 Å². The van der Waals surface area contributed by atoms with E-state index in [1.54, 1.807) is 18.2 Å². The fourth-order valence-electron chi connectivity index (χ4n) is 6.74. The van der Waals surface area contributed by atoms with Crippen molar-refractivity contribution in [3.05, 3.63) is 83.0 Å². The zero-order chi connectivity index (χ0) is 25.9. The number of esters is 1. The number of benzene rings is 1. The van der Waals surface area contributed by atoms with Crippen LogP contribution in [0.3, 0.4) is 0 Å². The monoisotopic (exact) mass is 486 g/mol. The average molecular weight is 487 g/mol. The Morgan fingerprint density at radius 2 is 2.00 bits per heavy atom. The number of carbonyl (C=O) groups is 3. The zero-order valence-corrected chi connectivity index (χ0v) is 21.9. The SMILES string of the molecule is CC1=CC(=O)[C@H]2/C(C=O)=C\C[C@H]3[C@@H]([C@@H](C)/C=C\C=C(\C)COC(=O)c4ccccc4)CC[C@]3(C)C[C@H]12. The Labute approximate surface area is 215 Å². The van der Waals surface area contributed by atoms with Crippen molar-refractivity contribution in [1.82, 2.24) is 0 Å². The normalized spacial score (nSPS) is 32.6. The van der Waals surface area contributed by atoms with Gasteiger partial charge in [0, 0.05) is 0 Å². The van der Waals surface area contributed by atoms with E-state index in [-0.39, 0.29) is 35.6 Å². The summed E-state index contributed by atoms with van der Waals surface area (Å²) in [5, 5.41) is 0. The minimum atomic E-state index is -0.311. The molecule has 3 aliphatic carbocycles. The molecule has 0 saturated heterocycles. The molecule has 1 aromatic carbocycles. The van der Waals surface area contributed by atoms with Gasteiger partial charge >= 0.3 is 5.97 Å². The van der Waals surface area contributed by atoms with Crippen LogP contribution in [0.2, 0.25) is 0 Å². The van der Waals surface area contributed by atoms with E-state index >= 15 is 0 Å². The van der Waals surface area contributed by atoms with E-state index in [1.807, 2.05) is 31.2 Å². The zero-order valence-electron chi connectivity index (χ0n) is 21.9. The van der Waals surface area contributed by atoms with Crippen molar-refractivity contribution in [3.8, 4) is 0 Å². The fraction of sp³-hybridized carbons (Fsp3) is 0.469. The summed E-state index contributed by atoms with van der Waals surface area (Å²) in [6, 6.07) is 9.03. The van der Waals surface area contributed by atoms with Crippen molar-refractivity contribution in [1.29, 1.82) is 0 Å². The number of ketones is 1. The van der Waals surface area contributed by atoms with E-state index in [0.717, 1.165) is 43.1 Å². The standard InChI is InChI=1S/C32H38O4/c1-21(20-36-31(35)24-11-6-5-7-12-24)9-8-10-22(2)26-15-16-32(4)18-27-23(3)17-29(34)30(27)25(19-33)13-14-28(26)32/h5-13,17,19,22,26-28,30H,14-16,18,20H2,1-4H3/b10-8-,21-9-,25-13-/t22-,26+,27+,28-,30-,32+/m0/s1. The van der Waals surface area contributed by atoms with Gasteiger partial charge in [-0.2, -0.15) is 0 Å². The highest BCUT2D eigenvalue weighted by atomic mass is 16.5. The van der Waals surface area contributed by atoms with E-state index < -0.39 is 0 Å². The van der Waals surface area contributed by atoms with Crippen molar-refractivity contribution < 1.29 is 19.1 Å². The van der Waals surface area contributed by atoms with Crippen molar-refractivity contribution in [3.63, 3.8) is 0 Å². The van der Waals surface area contributed by atoms with Crippen molar-refractivity contribution in [2.75, 3.05) is 6.61 Å². The number of hydrogen-bond acceptors (Lipinski definition) is 4. The lowest BCUT2D eigenvalue weighted by molar-refractivity contribution is -0.119. The lowest BCUT2D eigenvalue weighted by Crippen LogP contribution is -2.34. The van der Waals surface area contributed by atoms with Gasteiger partial charge in [-0.1, -0.05) is 61.9 Å². The van der Waals surface area contributed by atoms with Crippen LogP contribution in [0.15, 0.2) is 77.4 Å². The maximum Gasteiger partial charge on any atom is 0.338 e. The molecule has 1 saturated carbocycles. The molecule has 1 aromatic rings. The molecule has 0 aliphatic heterocycles. The Morgan fingerprint density at radius 1 is 1.25 bits per heavy atom. The molecule has 0 bridgehead atoms. The first kappa shape index (κ1) is 26.1. The molecule has 0 unspecified atom stereocenters. The van der Waals surface area contributed by atoms with Crippen LogP contribution in [0.5, 0.6) is 0 Å². The molecule has 4 nitrogen and oxygen atoms in total. The van der Waals surface area contributed by atoms with E-state index in [9.17, 15) is 14.4 Å². The Morgan fingerprint density at radius 3 is 2.72 bits per heavy atom. The van der Waals surface area contributed by atoms with E-state index in [2.05, 4.69) is 39.0 Å². The molecule has 0 heterocycles. The first-order valence-corrected chi connectivity index (χ1v) is 13.2. The molecule has 0 radical (unpaired) electrons. The second-order valence-corrected chi connectivity index (χ2v) is 11.3. The van der Waals surface area contributed by atoms with Crippen LogP contribution < -0.4 is 0 Å². The third-order valence-electron chi connectivity index (χ3n) is 8.82. The lowest BCUT2D eigenvalue weighted by Gasteiger charge is -2.40. The lowest BCUT2D eigenvalue weighted by atomic mass is 9.63. The second-order valence-electron chi connectivity index (χ2n) is 11.3. The van der Waals surface area contributed by atoms with Gasteiger partial charge in [-0.05, 0) is 98.0 Å². The summed E-state index contributed by atoms with van der Waals surface area (Å²) >= 11 is 0. The first-order chi connectivity index (χ1) is 17.2. The second kappa shape index (κ2) is 10.9. The average Bonchev–Trinajstić information content (AvgIpc) is 3.32. The van der Waals surface area contributed by atoms with Gasteiger partial charge in [0.2, 0.25) is 0 Å². The number of ether oxygens (including phenoxy) is 1. The van der Waals surface area contributed by atoms with Gasteiger partial charge in [0.25, 0.3) is 0 Å². The van der Waals surface area contributed by atoms with Gasteiger partial charge in [0.15, 0.2) is 5.78 Å². The Kier molecular flexibility index (Phi) is 7.92. The maximum absolute atomic E-state index is 12.6. The predicted octanol–water partition coefficient (Wildman–Crippen LogP) is 6.70. The molecule has 4 rings (SSSR count). The molecule has 0 N–H and O–H groups in total. The molecule has 4 heteroatoms. The fourth-order valence-corrected chi connectivity index (χ4v) is 6.74. The summed E-state index contributed by atoms with van der Waals surface area (Å²) in [7, 11) is 0. The summed E-state index contributed by atoms with van der Waals surface area (Å²) in [5.74, 6) is 1.05. The Hall–Kier alpha value is -3.01. The van der Waals surface area contributed by atoms with Crippen LogP contribution in [0.1, 0.15) is 63.7 Å². The van der Waals surface area contributed by atoms with Gasteiger partial charge in [0.1, 0.15) is 12.9 Å². The molecule has 0 spiro atoms.